The number of nitrogens with zero attached hydrogens (tertiary/aromatic N) is 2. The third-order valence-electron chi connectivity index (χ3n) is 10.1. The molecule has 1 aromatic heterocycles. The number of imidazole rings is 1. The number of hydrogen-bond acceptors (Lipinski definition) is 0. The van der Waals surface area contributed by atoms with E-state index in [0.717, 1.165) is 0 Å². The summed E-state index contributed by atoms with van der Waals surface area (Å²) >= 11 is 0. The molecule has 0 amide bonds. The quantitative estimate of drug-likeness (QED) is 0.0524. The summed E-state index contributed by atoms with van der Waals surface area (Å²) in [7, 11) is 0. The van der Waals surface area contributed by atoms with Crippen LogP contribution in [-0.4, -0.2) is 4.57 Å². The molecule has 0 aliphatic rings. The maximum absolute atomic E-state index is 2.64. The van der Waals surface area contributed by atoms with Gasteiger partial charge < -0.3 is 0 Å². The predicted octanol–water partition coefficient (Wildman–Crippen LogP) is 14.3. The first-order valence-corrected chi connectivity index (χ1v) is 20.9. The first kappa shape index (κ1) is 41.2. The molecule has 0 fully saturated rings. The Hall–Kier alpha value is -0.790. The molecule has 1 heterocycles. The SMILES string of the molecule is CCCCCCCCCCCCCCCCCn1cc[n+](CCCCCCCC)c1CCCCCCCCCCCCCC. The Morgan fingerprint density at radius 2 is 0.705 bits per heavy atom. The van der Waals surface area contributed by atoms with E-state index in [0.29, 0.717) is 0 Å². The number of rotatable bonds is 36. The van der Waals surface area contributed by atoms with Crippen molar-refractivity contribution in [1.29, 1.82) is 0 Å². The fourth-order valence-electron chi connectivity index (χ4n) is 7.03. The lowest BCUT2D eigenvalue weighted by Gasteiger charge is -2.07. The summed E-state index contributed by atoms with van der Waals surface area (Å²) in [5.74, 6) is 1.62. The largest absolute Gasteiger partial charge is 0.256 e. The van der Waals surface area contributed by atoms with Gasteiger partial charge in [-0.25, -0.2) is 9.13 Å². The van der Waals surface area contributed by atoms with Crippen molar-refractivity contribution >= 4 is 0 Å². The molecule has 0 aliphatic heterocycles. The van der Waals surface area contributed by atoms with Crippen molar-refractivity contribution in [2.45, 2.75) is 252 Å². The molecule has 2 nitrogen and oxygen atoms in total. The third kappa shape index (κ3) is 25.4. The molecule has 260 valence electrons. The standard InChI is InChI=1S/C42H83N2/c1-4-7-10-13-16-18-20-22-23-24-26-28-30-33-36-39-44-41-40-43(38-35-32-15-12-9-6-3)42(44)37-34-31-29-27-25-21-19-17-14-11-8-5-2/h40-41H,4-39H2,1-3H3/q+1. The number of hydrogen-bond donors (Lipinski definition) is 0. The fourth-order valence-corrected chi connectivity index (χ4v) is 7.03. The highest BCUT2D eigenvalue weighted by molar-refractivity contribution is 4.84. The number of aromatic nitrogens is 2. The summed E-state index contributed by atoms with van der Waals surface area (Å²) in [5.41, 5.74) is 0. The Morgan fingerprint density at radius 3 is 1.09 bits per heavy atom. The van der Waals surface area contributed by atoms with Crippen LogP contribution in [0.1, 0.15) is 238 Å². The van der Waals surface area contributed by atoms with Crippen molar-refractivity contribution in [1.82, 2.24) is 4.57 Å². The minimum absolute atomic E-state index is 1.23. The van der Waals surface area contributed by atoms with Crippen LogP contribution in [0.25, 0.3) is 0 Å². The normalized spacial score (nSPS) is 11.6. The van der Waals surface area contributed by atoms with Crippen LogP contribution in [-0.2, 0) is 19.5 Å². The summed E-state index contributed by atoms with van der Waals surface area (Å²) in [6.45, 7) is 9.40. The molecule has 0 spiro atoms. The monoisotopic (exact) mass is 616 g/mol. The van der Waals surface area contributed by atoms with E-state index >= 15 is 0 Å². The molecule has 2 heteroatoms. The zero-order valence-electron chi connectivity index (χ0n) is 31.0. The molecule has 0 unspecified atom stereocenters. The van der Waals surface area contributed by atoms with Crippen LogP contribution in [0.3, 0.4) is 0 Å². The van der Waals surface area contributed by atoms with Gasteiger partial charge in [0.25, 0.3) is 5.82 Å². The Kier molecular flexibility index (Phi) is 31.5. The first-order chi connectivity index (χ1) is 21.8. The van der Waals surface area contributed by atoms with Crippen molar-refractivity contribution in [3.8, 4) is 0 Å². The van der Waals surface area contributed by atoms with Gasteiger partial charge in [-0.2, -0.15) is 0 Å². The van der Waals surface area contributed by atoms with Crippen LogP contribution in [0.5, 0.6) is 0 Å². The van der Waals surface area contributed by atoms with Gasteiger partial charge in [0, 0.05) is 6.42 Å². The van der Waals surface area contributed by atoms with Gasteiger partial charge >= 0.3 is 0 Å². The Labute approximate surface area is 279 Å². The highest BCUT2D eigenvalue weighted by Crippen LogP contribution is 2.16. The molecule has 0 atom stereocenters. The van der Waals surface area contributed by atoms with Gasteiger partial charge in [-0.3, -0.25) is 0 Å². The summed E-state index contributed by atoms with van der Waals surface area (Å²) < 4.78 is 5.27. The molecule has 0 N–H and O–H groups in total. The third-order valence-corrected chi connectivity index (χ3v) is 10.1. The molecule has 0 bridgehead atoms. The smallest absolute Gasteiger partial charge is 0.234 e. The zero-order valence-corrected chi connectivity index (χ0v) is 31.0. The molecule has 1 aromatic rings. The average Bonchev–Trinajstić information content (AvgIpc) is 3.42. The summed E-state index contributed by atoms with van der Waals surface area (Å²) in [5, 5.41) is 0. The van der Waals surface area contributed by atoms with E-state index in [1.807, 2.05) is 0 Å². The summed E-state index contributed by atoms with van der Waals surface area (Å²) in [6, 6.07) is 0. The first-order valence-electron chi connectivity index (χ1n) is 20.9. The second-order valence-corrected chi connectivity index (χ2v) is 14.5. The molecular formula is C42H83N2+. The molecule has 0 saturated heterocycles. The zero-order chi connectivity index (χ0) is 31.6. The fraction of sp³-hybridized carbons (Fsp3) is 0.929. The van der Waals surface area contributed by atoms with Gasteiger partial charge in [0.15, 0.2) is 0 Å². The van der Waals surface area contributed by atoms with Crippen LogP contribution in [0.15, 0.2) is 12.4 Å². The minimum atomic E-state index is 1.23. The maximum Gasteiger partial charge on any atom is 0.256 e. The van der Waals surface area contributed by atoms with E-state index in [4.69, 9.17) is 0 Å². The van der Waals surface area contributed by atoms with Crippen LogP contribution < -0.4 is 4.57 Å². The summed E-state index contributed by atoms with van der Waals surface area (Å²) in [4.78, 5) is 0. The van der Waals surface area contributed by atoms with E-state index in [1.54, 1.807) is 5.82 Å². The summed E-state index contributed by atoms with van der Waals surface area (Å²) in [6.07, 6.45) is 53.4. The highest BCUT2D eigenvalue weighted by atomic mass is 15.1. The predicted molar refractivity (Wildman–Crippen MR) is 198 cm³/mol. The Morgan fingerprint density at radius 1 is 0.386 bits per heavy atom. The van der Waals surface area contributed by atoms with Crippen molar-refractivity contribution in [2.24, 2.45) is 0 Å². The Balaban J connectivity index is 2.22. The van der Waals surface area contributed by atoms with Gasteiger partial charge in [0.2, 0.25) is 0 Å². The molecule has 0 radical (unpaired) electrons. The van der Waals surface area contributed by atoms with Crippen LogP contribution in [0.4, 0.5) is 0 Å². The van der Waals surface area contributed by atoms with Gasteiger partial charge in [-0.1, -0.05) is 201 Å². The van der Waals surface area contributed by atoms with E-state index in [2.05, 4.69) is 42.3 Å². The van der Waals surface area contributed by atoms with E-state index in [1.165, 1.54) is 231 Å². The van der Waals surface area contributed by atoms with Crippen LogP contribution >= 0.6 is 0 Å². The second kappa shape index (κ2) is 33.6. The molecule has 1 rings (SSSR count). The molecule has 0 aliphatic carbocycles. The van der Waals surface area contributed by atoms with Gasteiger partial charge in [0.1, 0.15) is 12.4 Å². The second-order valence-electron chi connectivity index (χ2n) is 14.5. The Bertz CT molecular complexity index is 677. The van der Waals surface area contributed by atoms with Gasteiger partial charge in [-0.15, -0.1) is 0 Å². The van der Waals surface area contributed by atoms with Crippen molar-refractivity contribution in [3.63, 3.8) is 0 Å². The molecule has 44 heavy (non-hydrogen) atoms. The lowest BCUT2D eigenvalue weighted by molar-refractivity contribution is -0.704. The lowest BCUT2D eigenvalue weighted by Crippen LogP contribution is -2.37. The lowest BCUT2D eigenvalue weighted by atomic mass is 10.0. The van der Waals surface area contributed by atoms with Crippen molar-refractivity contribution < 1.29 is 4.57 Å². The number of aryl methyl sites for hydroxylation is 2. The molecule has 0 aromatic carbocycles. The highest BCUT2D eigenvalue weighted by Gasteiger charge is 2.16. The number of unbranched alkanes of at least 4 members (excludes halogenated alkanes) is 30. The van der Waals surface area contributed by atoms with Crippen molar-refractivity contribution in [3.05, 3.63) is 18.2 Å². The van der Waals surface area contributed by atoms with Crippen LogP contribution in [0, 0.1) is 0 Å². The van der Waals surface area contributed by atoms with Gasteiger partial charge in [-0.05, 0) is 32.1 Å². The van der Waals surface area contributed by atoms with Crippen LogP contribution in [0.2, 0.25) is 0 Å². The average molecular weight is 616 g/mol. The van der Waals surface area contributed by atoms with E-state index in [-0.39, 0.29) is 0 Å². The topological polar surface area (TPSA) is 8.81 Å². The van der Waals surface area contributed by atoms with E-state index < -0.39 is 0 Å². The minimum Gasteiger partial charge on any atom is -0.234 e. The maximum atomic E-state index is 2.64. The van der Waals surface area contributed by atoms with Crippen molar-refractivity contribution in [2.75, 3.05) is 0 Å². The van der Waals surface area contributed by atoms with E-state index in [9.17, 15) is 0 Å². The molecular weight excluding hydrogens is 532 g/mol. The molecule has 0 saturated carbocycles. The van der Waals surface area contributed by atoms with Gasteiger partial charge in [0.05, 0.1) is 13.1 Å².